The van der Waals surface area contributed by atoms with Crippen LogP contribution in [-0.2, 0) is 30.8 Å². The van der Waals surface area contributed by atoms with Gasteiger partial charge < -0.3 is 14.6 Å². The fourth-order valence-corrected chi connectivity index (χ4v) is 6.12. The van der Waals surface area contributed by atoms with Gasteiger partial charge in [-0.3, -0.25) is 4.79 Å². The number of fused-ring (bicyclic) bond motifs is 1. The molecule has 1 aliphatic carbocycles. The van der Waals surface area contributed by atoms with E-state index in [1.807, 2.05) is 29.7 Å². The molecule has 0 aliphatic heterocycles. The van der Waals surface area contributed by atoms with Crippen molar-refractivity contribution in [2.75, 3.05) is 11.1 Å². The summed E-state index contributed by atoms with van der Waals surface area (Å²) in [6, 6.07) is 8.32. The number of benzene rings is 1. The summed E-state index contributed by atoms with van der Waals surface area (Å²) in [6.07, 6.45) is 5.35. The van der Waals surface area contributed by atoms with Gasteiger partial charge in [-0.2, -0.15) is 5.26 Å². The van der Waals surface area contributed by atoms with Crippen LogP contribution in [0.2, 0.25) is 0 Å². The molecule has 1 amide bonds. The Hall–Kier alpha value is -2.83. The van der Waals surface area contributed by atoms with E-state index < -0.39 is 0 Å². The quantitative estimate of drug-likeness (QED) is 0.331. The zero-order valence-corrected chi connectivity index (χ0v) is 21.4. The zero-order chi connectivity index (χ0) is 24.1. The third-order valence-electron chi connectivity index (χ3n) is 6.07. The fraction of sp³-hybridized carbons (Fsp3) is 0.440. The van der Waals surface area contributed by atoms with Gasteiger partial charge in [0.25, 0.3) is 0 Å². The van der Waals surface area contributed by atoms with Crippen LogP contribution < -0.4 is 10.1 Å². The predicted octanol–water partition coefficient (Wildman–Crippen LogP) is 5.43. The van der Waals surface area contributed by atoms with Gasteiger partial charge in [0, 0.05) is 11.4 Å². The van der Waals surface area contributed by atoms with E-state index in [2.05, 4.69) is 35.4 Å². The number of hydrogen-bond acceptors (Lipinski definition) is 7. The van der Waals surface area contributed by atoms with Crippen molar-refractivity contribution in [2.24, 2.45) is 0 Å². The Bertz CT molecular complexity index is 1220. The van der Waals surface area contributed by atoms with E-state index in [9.17, 15) is 10.1 Å². The van der Waals surface area contributed by atoms with E-state index in [0.29, 0.717) is 28.9 Å². The number of carbonyl (C=O) groups is 1. The molecule has 34 heavy (non-hydrogen) atoms. The number of ether oxygens (including phenoxy) is 1. The summed E-state index contributed by atoms with van der Waals surface area (Å²) in [5.74, 6) is 1.57. The van der Waals surface area contributed by atoms with Crippen LogP contribution >= 0.6 is 23.1 Å². The number of aryl methyl sites for hydroxylation is 3. The maximum absolute atomic E-state index is 12.7. The summed E-state index contributed by atoms with van der Waals surface area (Å²) in [5, 5.41) is 22.6. The Balaban J connectivity index is 1.37. The van der Waals surface area contributed by atoms with Gasteiger partial charge in [0.15, 0.2) is 11.0 Å². The Morgan fingerprint density at radius 2 is 2.06 bits per heavy atom. The molecule has 1 aromatic carbocycles. The third-order valence-corrected chi connectivity index (χ3v) is 8.25. The molecular weight excluding hydrogens is 466 g/mol. The molecule has 0 spiro atoms. The molecule has 0 saturated heterocycles. The molecule has 0 bridgehead atoms. The van der Waals surface area contributed by atoms with Gasteiger partial charge in [-0.05, 0) is 75.3 Å². The zero-order valence-electron chi connectivity index (χ0n) is 19.8. The van der Waals surface area contributed by atoms with Crippen LogP contribution in [0.1, 0.15) is 59.1 Å². The number of thiophene rings is 1. The van der Waals surface area contributed by atoms with Gasteiger partial charge in [0.05, 0.1) is 11.3 Å². The molecule has 0 saturated carbocycles. The molecular formula is C25H29N5O2S2. The highest BCUT2D eigenvalue weighted by Gasteiger charge is 2.21. The smallest absolute Gasteiger partial charge is 0.235 e. The minimum absolute atomic E-state index is 0.142. The van der Waals surface area contributed by atoms with Gasteiger partial charge in [0.1, 0.15) is 23.4 Å². The second-order valence-corrected chi connectivity index (χ2v) is 10.4. The first-order chi connectivity index (χ1) is 16.5. The summed E-state index contributed by atoms with van der Waals surface area (Å²) < 4.78 is 7.89. The normalized spacial score (nSPS) is 13.1. The molecule has 2 heterocycles. The number of anilines is 1. The summed E-state index contributed by atoms with van der Waals surface area (Å²) in [4.78, 5) is 13.9. The summed E-state index contributed by atoms with van der Waals surface area (Å²) >= 11 is 2.90. The summed E-state index contributed by atoms with van der Waals surface area (Å²) in [7, 11) is 0. The number of nitrogens with zero attached hydrogens (tertiary/aromatic N) is 4. The number of aromatic nitrogens is 3. The van der Waals surface area contributed by atoms with Crippen molar-refractivity contribution < 1.29 is 9.53 Å². The van der Waals surface area contributed by atoms with Gasteiger partial charge in [-0.15, -0.1) is 21.5 Å². The van der Waals surface area contributed by atoms with Gasteiger partial charge in [-0.25, -0.2) is 0 Å². The van der Waals surface area contributed by atoms with Crippen LogP contribution in [-0.4, -0.2) is 26.4 Å². The molecule has 9 heteroatoms. The Labute approximate surface area is 208 Å². The largest absolute Gasteiger partial charge is 0.486 e. The second-order valence-electron chi connectivity index (χ2n) is 8.40. The lowest BCUT2D eigenvalue weighted by molar-refractivity contribution is -0.113. The van der Waals surface area contributed by atoms with Gasteiger partial charge in [0.2, 0.25) is 5.91 Å². The number of carbonyl (C=O) groups excluding carboxylic acids is 1. The van der Waals surface area contributed by atoms with E-state index in [0.717, 1.165) is 42.8 Å². The molecule has 3 aromatic rings. The van der Waals surface area contributed by atoms with Crippen molar-refractivity contribution in [1.82, 2.24) is 14.8 Å². The van der Waals surface area contributed by atoms with Crippen molar-refractivity contribution in [3.05, 3.63) is 51.2 Å². The first kappa shape index (κ1) is 24.3. The van der Waals surface area contributed by atoms with Gasteiger partial charge >= 0.3 is 0 Å². The molecule has 4 rings (SSSR count). The topological polar surface area (TPSA) is 92.8 Å². The first-order valence-electron chi connectivity index (χ1n) is 11.6. The van der Waals surface area contributed by atoms with Crippen LogP contribution in [0.15, 0.2) is 23.4 Å². The molecule has 1 N–H and O–H groups in total. The molecule has 2 aromatic heterocycles. The van der Waals surface area contributed by atoms with Crippen molar-refractivity contribution in [3.63, 3.8) is 0 Å². The van der Waals surface area contributed by atoms with Crippen molar-refractivity contribution in [2.45, 2.75) is 71.2 Å². The molecule has 1 aliphatic rings. The number of hydrogen-bond donors (Lipinski definition) is 1. The average molecular weight is 496 g/mol. The predicted molar refractivity (Wildman–Crippen MR) is 136 cm³/mol. The lowest BCUT2D eigenvalue weighted by atomic mass is 10.1. The average Bonchev–Trinajstić information content (AvgIpc) is 3.29. The standard InChI is InChI=1S/C25H29N5O2S2/c1-4-30-22(14-32-18-11-10-16(2)17(3)12-18)28-29-25(30)33-15-23(31)27-24-20(13-26)19-8-6-5-7-9-21(19)34-24/h10-12H,4-9,14-15H2,1-3H3,(H,27,31). The van der Waals surface area contributed by atoms with E-state index in [1.54, 1.807) is 11.3 Å². The molecule has 0 unspecified atom stereocenters. The summed E-state index contributed by atoms with van der Waals surface area (Å²) in [6.45, 7) is 7.14. The Morgan fingerprint density at radius 3 is 2.82 bits per heavy atom. The number of amides is 1. The third kappa shape index (κ3) is 5.45. The van der Waals surface area contributed by atoms with E-state index >= 15 is 0 Å². The number of thioether (sulfide) groups is 1. The highest BCUT2D eigenvalue weighted by molar-refractivity contribution is 7.99. The van der Waals surface area contributed by atoms with E-state index in [-0.39, 0.29) is 11.7 Å². The lowest BCUT2D eigenvalue weighted by Gasteiger charge is -2.10. The number of nitrogens with one attached hydrogen (secondary N) is 1. The minimum atomic E-state index is -0.142. The monoisotopic (exact) mass is 495 g/mol. The van der Waals surface area contributed by atoms with Crippen LogP contribution in [0.25, 0.3) is 0 Å². The van der Waals surface area contributed by atoms with Gasteiger partial charge in [-0.1, -0.05) is 24.2 Å². The van der Waals surface area contributed by atoms with Crippen LogP contribution in [0.5, 0.6) is 5.75 Å². The second kappa shape index (κ2) is 11.1. The van der Waals surface area contributed by atoms with Crippen LogP contribution in [0.3, 0.4) is 0 Å². The fourth-order valence-electron chi connectivity index (χ4n) is 4.04. The highest BCUT2D eigenvalue weighted by Crippen LogP contribution is 2.37. The first-order valence-corrected chi connectivity index (χ1v) is 13.4. The Kier molecular flexibility index (Phi) is 7.91. The highest BCUT2D eigenvalue weighted by atomic mass is 32.2. The molecule has 0 atom stereocenters. The molecule has 7 nitrogen and oxygen atoms in total. The SMILES string of the molecule is CCn1c(COc2ccc(C)c(C)c2)nnc1SCC(=O)Nc1sc2c(c1C#N)CCCCC2. The lowest BCUT2D eigenvalue weighted by Crippen LogP contribution is -2.15. The summed E-state index contributed by atoms with van der Waals surface area (Å²) in [5.41, 5.74) is 4.18. The van der Waals surface area contributed by atoms with Crippen molar-refractivity contribution in [3.8, 4) is 11.8 Å². The Morgan fingerprint density at radius 1 is 1.24 bits per heavy atom. The minimum Gasteiger partial charge on any atom is -0.486 e. The van der Waals surface area contributed by atoms with Crippen molar-refractivity contribution >= 4 is 34.0 Å². The van der Waals surface area contributed by atoms with Crippen molar-refractivity contribution in [1.29, 1.82) is 5.26 Å². The molecule has 178 valence electrons. The van der Waals surface area contributed by atoms with Crippen LogP contribution in [0.4, 0.5) is 5.00 Å². The molecule has 0 radical (unpaired) electrons. The maximum atomic E-state index is 12.7. The maximum Gasteiger partial charge on any atom is 0.235 e. The number of rotatable bonds is 8. The number of nitriles is 1. The molecule has 0 fully saturated rings. The van der Waals surface area contributed by atoms with E-state index in [4.69, 9.17) is 4.74 Å². The van der Waals surface area contributed by atoms with E-state index in [1.165, 1.54) is 34.2 Å². The van der Waals surface area contributed by atoms with Crippen LogP contribution in [0, 0.1) is 25.2 Å².